The standard InChI is InChI=1S/C12H20N2O/c1-3-4-7-12(15)14-8-5-6-11(9-14)10(2)13/h1,10-11H,4-9,13H2,2H3. The van der Waals surface area contributed by atoms with Gasteiger partial charge < -0.3 is 10.6 Å². The second-order valence-electron chi connectivity index (χ2n) is 4.31. The van der Waals surface area contributed by atoms with Crippen molar-refractivity contribution in [3.63, 3.8) is 0 Å². The number of rotatable bonds is 3. The summed E-state index contributed by atoms with van der Waals surface area (Å²) in [5.41, 5.74) is 5.86. The summed E-state index contributed by atoms with van der Waals surface area (Å²) < 4.78 is 0. The summed E-state index contributed by atoms with van der Waals surface area (Å²) in [6.07, 6.45) is 8.35. The maximum Gasteiger partial charge on any atom is 0.223 e. The Labute approximate surface area is 92.0 Å². The Kier molecular flexibility index (Phi) is 4.64. The smallest absolute Gasteiger partial charge is 0.223 e. The van der Waals surface area contributed by atoms with Crippen LogP contribution in [0.15, 0.2) is 0 Å². The van der Waals surface area contributed by atoms with E-state index in [1.54, 1.807) is 0 Å². The number of hydrogen-bond acceptors (Lipinski definition) is 2. The lowest BCUT2D eigenvalue weighted by molar-refractivity contribution is -0.133. The van der Waals surface area contributed by atoms with Gasteiger partial charge in [0.2, 0.25) is 5.91 Å². The number of carbonyl (C=O) groups is 1. The minimum atomic E-state index is 0.174. The van der Waals surface area contributed by atoms with Crippen molar-refractivity contribution in [3.05, 3.63) is 0 Å². The first-order chi connectivity index (χ1) is 7.15. The number of hydrogen-bond donors (Lipinski definition) is 1. The molecular weight excluding hydrogens is 188 g/mol. The van der Waals surface area contributed by atoms with Gasteiger partial charge in [-0.2, -0.15) is 0 Å². The van der Waals surface area contributed by atoms with Crippen LogP contribution in [-0.2, 0) is 4.79 Å². The molecule has 15 heavy (non-hydrogen) atoms. The minimum absolute atomic E-state index is 0.174. The molecule has 1 heterocycles. The number of nitrogens with zero attached hydrogens (tertiary/aromatic N) is 1. The Morgan fingerprint density at radius 3 is 3.07 bits per heavy atom. The van der Waals surface area contributed by atoms with Crippen LogP contribution in [0.1, 0.15) is 32.6 Å². The second-order valence-corrected chi connectivity index (χ2v) is 4.31. The highest BCUT2D eigenvalue weighted by atomic mass is 16.2. The van der Waals surface area contributed by atoms with Crippen LogP contribution in [-0.4, -0.2) is 29.9 Å². The maximum atomic E-state index is 11.7. The summed E-state index contributed by atoms with van der Waals surface area (Å²) in [5.74, 6) is 3.13. The van der Waals surface area contributed by atoms with E-state index in [2.05, 4.69) is 5.92 Å². The van der Waals surface area contributed by atoms with Crippen molar-refractivity contribution in [1.29, 1.82) is 0 Å². The summed E-state index contributed by atoms with van der Waals surface area (Å²) in [4.78, 5) is 13.6. The van der Waals surface area contributed by atoms with Crippen molar-refractivity contribution in [2.45, 2.75) is 38.6 Å². The molecule has 0 aromatic rings. The number of carbonyl (C=O) groups excluding carboxylic acids is 1. The van der Waals surface area contributed by atoms with E-state index in [9.17, 15) is 4.79 Å². The Morgan fingerprint density at radius 1 is 1.73 bits per heavy atom. The van der Waals surface area contributed by atoms with Gasteiger partial charge in [0.25, 0.3) is 0 Å². The minimum Gasteiger partial charge on any atom is -0.342 e. The van der Waals surface area contributed by atoms with Gasteiger partial charge in [0.15, 0.2) is 0 Å². The molecule has 3 heteroatoms. The van der Waals surface area contributed by atoms with Crippen LogP contribution in [0.2, 0.25) is 0 Å². The lowest BCUT2D eigenvalue weighted by Crippen LogP contribution is -2.44. The SMILES string of the molecule is C#CCCC(=O)N1CCCC(C(C)N)C1. The third kappa shape index (κ3) is 3.56. The molecule has 2 unspecified atom stereocenters. The van der Waals surface area contributed by atoms with Gasteiger partial charge in [0.1, 0.15) is 0 Å². The molecule has 84 valence electrons. The van der Waals surface area contributed by atoms with E-state index in [1.165, 1.54) is 0 Å². The summed E-state index contributed by atoms with van der Waals surface area (Å²) >= 11 is 0. The van der Waals surface area contributed by atoms with Crippen molar-refractivity contribution in [2.24, 2.45) is 11.7 Å². The van der Waals surface area contributed by atoms with E-state index in [0.717, 1.165) is 25.9 Å². The molecular formula is C12H20N2O. The molecule has 1 amide bonds. The zero-order chi connectivity index (χ0) is 11.3. The van der Waals surface area contributed by atoms with Crippen LogP contribution in [0, 0.1) is 18.3 Å². The van der Waals surface area contributed by atoms with Crippen LogP contribution < -0.4 is 5.73 Å². The summed E-state index contributed by atoms with van der Waals surface area (Å²) in [7, 11) is 0. The molecule has 1 aliphatic rings. The van der Waals surface area contributed by atoms with Gasteiger partial charge in [0.05, 0.1) is 0 Å². The average molecular weight is 208 g/mol. The molecule has 2 atom stereocenters. The molecule has 0 radical (unpaired) electrons. The van der Waals surface area contributed by atoms with Crippen LogP contribution in [0.25, 0.3) is 0 Å². The van der Waals surface area contributed by atoms with Crippen LogP contribution in [0.3, 0.4) is 0 Å². The number of piperidine rings is 1. The number of amides is 1. The highest BCUT2D eigenvalue weighted by Gasteiger charge is 2.25. The fourth-order valence-electron chi connectivity index (χ4n) is 2.00. The third-order valence-corrected chi connectivity index (χ3v) is 3.04. The molecule has 2 N–H and O–H groups in total. The molecule has 3 nitrogen and oxygen atoms in total. The van der Waals surface area contributed by atoms with Crippen molar-refractivity contribution in [3.8, 4) is 12.3 Å². The zero-order valence-corrected chi connectivity index (χ0v) is 9.41. The quantitative estimate of drug-likeness (QED) is 0.703. The van der Waals surface area contributed by atoms with Crippen molar-refractivity contribution >= 4 is 5.91 Å². The van der Waals surface area contributed by atoms with E-state index in [4.69, 9.17) is 12.2 Å². The Morgan fingerprint density at radius 2 is 2.47 bits per heavy atom. The predicted molar refractivity (Wildman–Crippen MR) is 61.0 cm³/mol. The third-order valence-electron chi connectivity index (χ3n) is 3.04. The van der Waals surface area contributed by atoms with Gasteiger partial charge >= 0.3 is 0 Å². The van der Waals surface area contributed by atoms with Gasteiger partial charge in [-0.25, -0.2) is 0 Å². The second kappa shape index (κ2) is 5.77. The van der Waals surface area contributed by atoms with E-state index in [0.29, 0.717) is 18.8 Å². The van der Waals surface area contributed by atoms with Gasteiger partial charge in [-0.3, -0.25) is 4.79 Å². The monoisotopic (exact) mass is 208 g/mol. The molecule has 1 rings (SSSR count). The normalized spacial score (nSPS) is 23.3. The van der Waals surface area contributed by atoms with Crippen LogP contribution in [0.4, 0.5) is 0 Å². The van der Waals surface area contributed by atoms with Crippen LogP contribution >= 0.6 is 0 Å². The van der Waals surface area contributed by atoms with Gasteiger partial charge in [-0.15, -0.1) is 12.3 Å². The molecule has 0 aliphatic carbocycles. The fourth-order valence-corrected chi connectivity index (χ4v) is 2.00. The Balaban J connectivity index is 2.42. The van der Waals surface area contributed by atoms with Crippen molar-refractivity contribution in [1.82, 2.24) is 4.90 Å². The lowest BCUT2D eigenvalue weighted by Gasteiger charge is -2.34. The maximum absolute atomic E-state index is 11.7. The number of likely N-dealkylation sites (tertiary alicyclic amines) is 1. The molecule has 0 aromatic carbocycles. The highest BCUT2D eigenvalue weighted by Crippen LogP contribution is 2.19. The summed E-state index contributed by atoms with van der Waals surface area (Å²) in [5, 5.41) is 0. The van der Waals surface area contributed by atoms with E-state index >= 15 is 0 Å². The highest BCUT2D eigenvalue weighted by molar-refractivity contribution is 5.76. The molecule has 1 fully saturated rings. The lowest BCUT2D eigenvalue weighted by atomic mass is 9.92. The topological polar surface area (TPSA) is 46.3 Å². The molecule has 0 bridgehead atoms. The van der Waals surface area contributed by atoms with Crippen molar-refractivity contribution in [2.75, 3.05) is 13.1 Å². The summed E-state index contributed by atoms with van der Waals surface area (Å²) in [6, 6.07) is 0.174. The first-order valence-corrected chi connectivity index (χ1v) is 5.62. The molecule has 0 aromatic heterocycles. The van der Waals surface area contributed by atoms with Crippen molar-refractivity contribution < 1.29 is 4.79 Å². The fraction of sp³-hybridized carbons (Fsp3) is 0.750. The predicted octanol–water partition coefficient (Wildman–Crippen LogP) is 0.986. The largest absolute Gasteiger partial charge is 0.342 e. The molecule has 0 spiro atoms. The van der Waals surface area contributed by atoms with Gasteiger partial charge in [-0.05, 0) is 25.7 Å². The first-order valence-electron chi connectivity index (χ1n) is 5.62. The van der Waals surface area contributed by atoms with E-state index in [-0.39, 0.29) is 11.9 Å². The van der Waals surface area contributed by atoms with Crippen LogP contribution in [0.5, 0.6) is 0 Å². The molecule has 1 aliphatic heterocycles. The number of terminal acetylenes is 1. The molecule has 0 saturated carbocycles. The average Bonchev–Trinajstić information content (AvgIpc) is 2.26. The zero-order valence-electron chi connectivity index (χ0n) is 9.41. The first kappa shape index (κ1) is 12.1. The number of nitrogens with two attached hydrogens (primary N) is 1. The summed E-state index contributed by atoms with van der Waals surface area (Å²) in [6.45, 7) is 3.69. The Hall–Kier alpha value is -1.01. The van der Waals surface area contributed by atoms with E-state index in [1.807, 2.05) is 11.8 Å². The van der Waals surface area contributed by atoms with E-state index < -0.39 is 0 Å². The molecule has 1 saturated heterocycles. The van der Waals surface area contributed by atoms with Gasteiger partial charge in [-0.1, -0.05) is 0 Å². The van der Waals surface area contributed by atoms with Gasteiger partial charge in [0, 0.05) is 32.0 Å². The Bertz CT molecular complexity index is 255.